The van der Waals surface area contributed by atoms with Gasteiger partial charge in [0.25, 0.3) is 5.91 Å². The summed E-state index contributed by atoms with van der Waals surface area (Å²) in [6.45, 7) is 0.719. The maximum atomic E-state index is 13.3. The molecule has 0 aliphatic carbocycles. The van der Waals surface area contributed by atoms with Gasteiger partial charge in [-0.1, -0.05) is 13.0 Å². The topological polar surface area (TPSA) is 121 Å². The summed E-state index contributed by atoms with van der Waals surface area (Å²) in [6, 6.07) is 6.83. The first kappa shape index (κ1) is 24.1. The number of rotatable bonds is 5. The van der Waals surface area contributed by atoms with Gasteiger partial charge in [0.15, 0.2) is 18.1 Å². The summed E-state index contributed by atoms with van der Waals surface area (Å²) >= 11 is 0. The van der Waals surface area contributed by atoms with Crippen molar-refractivity contribution < 1.29 is 27.1 Å². The quantitative estimate of drug-likeness (QED) is 0.401. The van der Waals surface area contributed by atoms with Crippen molar-refractivity contribution in [1.29, 1.82) is 5.26 Å². The van der Waals surface area contributed by atoms with Crippen LogP contribution >= 0.6 is 0 Å². The molecule has 4 heterocycles. The van der Waals surface area contributed by atoms with Gasteiger partial charge in [-0.05, 0) is 17.7 Å². The smallest absolute Gasteiger partial charge is 0.391 e. The fourth-order valence-corrected chi connectivity index (χ4v) is 4.09. The van der Waals surface area contributed by atoms with Crippen molar-refractivity contribution in [3.05, 3.63) is 59.7 Å². The zero-order valence-corrected chi connectivity index (χ0v) is 19.2. The van der Waals surface area contributed by atoms with Gasteiger partial charge < -0.3 is 4.74 Å². The summed E-state index contributed by atoms with van der Waals surface area (Å²) < 4.78 is 58.6. The zero-order chi connectivity index (χ0) is 26.3. The lowest BCUT2D eigenvalue weighted by atomic mass is 9.92. The number of pyridine rings is 1. The fraction of sp³-hybridized carbons (Fsp3) is 0.250. The Morgan fingerprint density at radius 2 is 2.00 bits per heavy atom. The normalized spacial score (nSPS) is 14.3. The third kappa shape index (κ3) is 4.53. The van der Waals surface area contributed by atoms with E-state index in [9.17, 15) is 27.6 Å². The number of hydrogen-bond donors (Lipinski definition) is 1. The number of alkyl halides is 3. The molecule has 0 radical (unpaired) electrons. The van der Waals surface area contributed by atoms with Gasteiger partial charge in [0.05, 0.1) is 48.0 Å². The molecule has 1 unspecified atom stereocenters. The molecular weight excluding hydrogens is 494 g/mol. The summed E-state index contributed by atoms with van der Waals surface area (Å²) in [6.07, 6.45) is -1.51. The van der Waals surface area contributed by atoms with Crippen LogP contribution in [0.2, 0.25) is 0 Å². The highest BCUT2D eigenvalue weighted by molar-refractivity contribution is 6.00. The molecule has 0 saturated heterocycles. The molecule has 13 heteroatoms. The van der Waals surface area contributed by atoms with E-state index in [4.69, 9.17) is 4.74 Å². The van der Waals surface area contributed by atoms with Gasteiger partial charge in [0, 0.05) is 17.4 Å². The highest BCUT2D eigenvalue weighted by Gasteiger charge is 2.37. The van der Waals surface area contributed by atoms with E-state index in [-0.39, 0.29) is 41.8 Å². The van der Waals surface area contributed by atoms with E-state index in [1.54, 1.807) is 18.2 Å². The van der Waals surface area contributed by atoms with Gasteiger partial charge in [-0.15, -0.1) is 0 Å². The number of anilines is 1. The highest BCUT2D eigenvalue weighted by Crippen LogP contribution is 2.40. The molecule has 1 aliphatic heterocycles. The molecule has 1 atom stereocenters. The Hall–Kier alpha value is -4.60. The lowest BCUT2D eigenvalue weighted by Crippen LogP contribution is -2.38. The van der Waals surface area contributed by atoms with Crippen molar-refractivity contribution in [1.82, 2.24) is 25.1 Å². The number of ether oxygens (including phenoxy) is 1. The number of H-pyrrole nitrogens is 1. The second-order valence-corrected chi connectivity index (χ2v) is 8.47. The summed E-state index contributed by atoms with van der Waals surface area (Å²) in [5.74, 6) is -2.17. The van der Waals surface area contributed by atoms with Crippen LogP contribution in [-0.2, 0) is 17.8 Å². The van der Waals surface area contributed by atoms with Crippen LogP contribution < -0.4 is 9.64 Å². The molecule has 0 spiro atoms. The molecular formula is C24H17F4N7O2. The first-order chi connectivity index (χ1) is 17.7. The molecule has 4 aromatic rings. The first-order valence-corrected chi connectivity index (χ1v) is 11.0. The van der Waals surface area contributed by atoms with Crippen molar-refractivity contribution in [2.24, 2.45) is 5.92 Å². The molecule has 0 saturated carbocycles. The Labute approximate surface area is 206 Å². The highest BCUT2D eigenvalue weighted by atomic mass is 19.4. The van der Waals surface area contributed by atoms with Crippen LogP contribution in [0.15, 0.2) is 36.8 Å². The van der Waals surface area contributed by atoms with E-state index in [0.29, 0.717) is 28.0 Å². The van der Waals surface area contributed by atoms with Gasteiger partial charge in [-0.3, -0.25) is 14.8 Å². The predicted octanol–water partition coefficient (Wildman–Crippen LogP) is 4.09. The number of hydrogen-bond acceptors (Lipinski definition) is 7. The number of halogens is 4. The number of nitriles is 1. The van der Waals surface area contributed by atoms with Gasteiger partial charge in [0.2, 0.25) is 0 Å². The second kappa shape index (κ2) is 9.12. The predicted molar refractivity (Wildman–Crippen MR) is 122 cm³/mol. The SMILES string of the molecule is CC(Cc1nc2[nH]ncc2c(-c2ccc3c(c2)OCC(=O)N3Cc2ncc(F)cn2)c1C#N)C(F)(F)F. The standard InChI is InChI=1S/C24H17F4N7O2/c1-12(24(26,27)28)4-17-15(6-29)22(16-9-32-34-23(16)33-17)13-2-3-18-19(5-13)37-11-21(36)35(18)10-20-30-7-14(25)8-31-20/h2-3,5,7-9,12H,4,10-11H2,1H3,(H,32,33,34). The van der Waals surface area contributed by atoms with Crippen LogP contribution in [0.4, 0.5) is 23.2 Å². The number of aromatic nitrogens is 5. The molecule has 0 bridgehead atoms. The Kier molecular flexibility index (Phi) is 5.94. The summed E-state index contributed by atoms with van der Waals surface area (Å²) in [5, 5.41) is 17.0. The van der Waals surface area contributed by atoms with E-state index in [0.717, 1.165) is 19.3 Å². The third-order valence-corrected chi connectivity index (χ3v) is 6.01. The molecule has 1 aromatic carbocycles. The maximum absolute atomic E-state index is 13.3. The molecule has 37 heavy (non-hydrogen) atoms. The molecule has 1 aliphatic rings. The van der Waals surface area contributed by atoms with Crippen molar-refractivity contribution in [2.45, 2.75) is 26.1 Å². The second-order valence-electron chi connectivity index (χ2n) is 8.47. The van der Waals surface area contributed by atoms with Gasteiger partial charge in [-0.2, -0.15) is 23.5 Å². The summed E-state index contributed by atoms with van der Waals surface area (Å²) in [4.78, 5) is 26.0. The van der Waals surface area contributed by atoms with Crippen LogP contribution in [-0.4, -0.2) is 43.8 Å². The summed E-state index contributed by atoms with van der Waals surface area (Å²) in [7, 11) is 0. The van der Waals surface area contributed by atoms with E-state index in [2.05, 4.69) is 25.1 Å². The van der Waals surface area contributed by atoms with Crippen molar-refractivity contribution >= 4 is 22.6 Å². The minimum absolute atomic E-state index is 0.00611. The molecule has 1 N–H and O–H groups in total. The number of carbonyl (C=O) groups is 1. The monoisotopic (exact) mass is 511 g/mol. The first-order valence-electron chi connectivity index (χ1n) is 11.0. The van der Waals surface area contributed by atoms with Crippen molar-refractivity contribution in [3.63, 3.8) is 0 Å². The lowest BCUT2D eigenvalue weighted by molar-refractivity contribution is -0.169. The number of fused-ring (bicyclic) bond motifs is 2. The van der Waals surface area contributed by atoms with Gasteiger partial charge >= 0.3 is 6.18 Å². The van der Waals surface area contributed by atoms with Crippen LogP contribution in [0.1, 0.15) is 24.0 Å². The van der Waals surface area contributed by atoms with Gasteiger partial charge in [-0.25, -0.2) is 19.3 Å². The third-order valence-electron chi connectivity index (χ3n) is 6.01. The number of carbonyl (C=O) groups excluding carboxylic acids is 1. The van der Waals surface area contributed by atoms with Gasteiger partial charge in [0.1, 0.15) is 17.6 Å². The Balaban J connectivity index is 1.58. The number of nitrogens with one attached hydrogen (secondary N) is 1. The zero-order valence-electron chi connectivity index (χ0n) is 19.2. The molecule has 0 fully saturated rings. The van der Waals surface area contributed by atoms with Crippen LogP contribution in [0.5, 0.6) is 5.75 Å². The van der Waals surface area contributed by atoms with Crippen LogP contribution in [0.25, 0.3) is 22.2 Å². The van der Waals surface area contributed by atoms with E-state index >= 15 is 0 Å². The Bertz CT molecular complexity index is 1540. The lowest BCUT2D eigenvalue weighted by Gasteiger charge is -2.29. The molecule has 188 valence electrons. The average molecular weight is 511 g/mol. The molecule has 9 nitrogen and oxygen atoms in total. The van der Waals surface area contributed by atoms with Crippen LogP contribution in [0.3, 0.4) is 0 Å². The maximum Gasteiger partial charge on any atom is 0.391 e. The Morgan fingerprint density at radius 3 is 2.70 bits per heavy atom. The van der Waals surface area contributed by atoms with E-state index in [1.165, 1.54) is 11.1 Å². The van der Waals surface area contributed by atoms with Crippen molar-refractivity contribution in [3.8, 4) is 22.9 Å². The largest absolute Gasteiger partial charge is 0.482 e. The fourth-order valence-electron chi connectivity index (χ4n) is 4.09. The molecule has 3 aromatic heterocycles. The number of nitrogens with zero attached hydrogens (tertiary/aromatic N) is 6. The van der Waals surface area contributed by atoms with Crippen molar-refractivity contribution in [2.75, 3.05) is 11.5 Å². The van der Waals surface area contributed by atoms with Crippen LogP contribution in [0, 0.1) is 23.1 Å². The minimum atomic E-state index is -4.46. The number of amides is 1. The minimum Gasteiger partial charge on any atom is -0.482 e. The average Bonchev–Trinajstić information content (AvgIpc) is 3.33. The molecule has 5 rings (SSSR count). The number of aromatic amines is 1. The number of benzene rings is 1. The van der Waals surface area contributed by atoms with E-state index in [1.807, 2.05) is 6.07 Å². The summed E-state index contributed by atoms with van der Waals surface area (Å²) in [5.41, 5.74) is 1.44. The Morgan fingerprint density at radius 1 is 1.24 bits per heavy atom. The van der Waals surface area contributed by atoms with E-state index < -0.39 is 24.3 Å². The molecule has 1 amide bonds.